The zero-order valence-electron chi connectivity index (χ0n) is 13.4. The van der Waals surface area contributed by atoms with Crippen LogP contribution in [0.25, 0.3) is 0 Å². The average Bonchev–Trinajstić information content (AvgIpc) is 3.04. The van der Waals surface area contributed by atoms with Gasteiger partial charge in [-0.15, -0.1) is 11.3 Å². The van der Waals surface area contributed by atoms with E-state index in [4.69, 9.17) is 4.74 Å². The summed E-state index contributed by atoms with van der Waals surface area (Å²) in [5, 5.41) is 5.43. The first-order valence-electron chi connectivity index (χ1n) is 7.45. The van der Waals surface area contributed by atoms with Crippen LogP contribution in [0.5, 0.6) is 5.75 Å². The van der Waals surface area contributed by atoms with Crippen molar-refractivity contribution in [3.05, 3.63) is 69.8 Å². The Balaban J connectivity index is 1.66. The minimum atomic E-state index is -0.245. The van der Waals surface area contributed by atoms with Gasteiger partial charge in [-0.3, -0.25) is 4.79 Å². The second-order valence-corrected chi connectivity index (χ2v) is 6.27. The van der Waals surface area contributed by atoms with Gasteiger partial charge in [0.25, 0.3) is 5.91 Å². The minimum absolute atomic E-state index is 0.245. The van der Waals surface area contributed by atoms with Crippen LogP contribution in [-0.2, 0) is 6.42 Å². The van der Waals surface area contributed by atoms with Crippen molar-refractivity contribution < 1.29 is 9.53 Å². The van der Waals surface area contributed by atoms with E-state index in [1.807, 2.05) is 43.3 Å². The molecule has 0 aliphatic heterocycles. The summed E-state index contributed by atoms with van der Waals surface area (Å²) in [6, 6.07) is 11.5. The number of ether oxygens (including phenoxy) is 1. The van der Waals surface area contributed by atoms with Gasteiger partial charge in [-0.1, -0.05) is 12.1 Å². The lowest BCUT2D eigenvalue weighted by Gasteiger charge is -2.03. The van der Waals surface area contributed by atoms with Crippen LogP contribution in [0.4, 0.5) is 5.82 Å². The number of carbonyl (C=O) groups excluding carboxylic acids is 1. The maximum Gasteiger partial charge on any atom is 0.276 e. The van der Waals surface area contributed by atoms with Gasteiger partial charge >= 0.3 is 0 Å². The summed E-state index contributed by atoms with van der Waals surface area (Å²) in [6.45, 7) is 1.95. The highest BCUT2D eigenvalue weighted by Gasteiger charge is 2.12. The van der Waals surface area contributed by atoms with E-state index in [0.29, 0.717) is 17.9 Å². The van der Waals surface area contributed by atoms with E-state index in [1.54, 1.807) is 18.7 Å². The molecule has 5 nitrogen and oxygen atoms in total. The summed E-state index contributed by atoms with van der Waals surface area (Å²) in [5.41, 5.74) is 2.57. The number of aromatic nitrogens is 2. The SMILES string of the molecule is COc1ccc(Cc2nc(C(=O)Nc3cc(C)ccn3)cs2)cc1. The Bertz CT molecular complexity index is 843. The Morgan fingerprint density at radius 1 is 1.25 bits per heavy atom. The van der Waals surface area contributed by atoms with Crippen molar-refractivity contribution >= 4 is 23.1 Å². The predicted molar refractivity (Wildman–Crippen MR) is 94.8 cm³/mol. The van der Waals surface area contributed by atoms with E-state index < -0.39 is 0 Å². The smallest absolute Gasteiger partial charge is 0.276 e. The van der Waals surface area contributed by atoms with Crippen molar-refractivity contribution in [1.29, 1.82) is 0 Å². The van der Waals surface area contributed by atoms with Gasteiger partial charge in [0.1, 0.15) is 17.3 Å². The topological polar surface area (TPSA) is 64.1 Å². The van der Waals surface area contributed by atoms with Crippen molar-refractivity contribution in [3.63, 3.8) is 0 Å². The molecular formula is C18H17N3O2S. The molecule has 0 fully saturated rings. The maximum absolute atomic E-state index is 12.3. The molecule has 0 unspecified atom stereocenters. The first kappa shape index (κ1) is 16.1. The molecule has 1 amide bonds. The molecule has 1 aromatic carbocycles. The summed E-state index contributed by atoms with van der Waals surface area (Å²) in [7, 11) is 1.64. The van der Waals surface area contributed by atoms with Gasteiger partial charge in [-0.25, -0.2) is 9.97 Å². The summed E-state index contributed by atoms with van der Waals surface area (Å²) in [6.07, 6.45) is 2.35. The third-order valence-electron chi connectivity index (χ3n) is 3.46. The van der Waals surface area contributed by atoms with Gasteiger partial charge in [0.2, 0.25) is 0 Å². The Kier molecular flexibility index (Phi) is 4.86. The number of benzene rings is 1. The van der Waals surface area contributed by atoms with E-state index in [0.717, 1.165) is 21.9 Å². The van der Waals surface area contributed by atoms with Gasteiger partial charge in [0.05, 0.1) is 12.1 Å². The zero-order valence-corrected chi connectivity index (χ0v) is 14.3. The molecule has 2 aromatic heterocycles. The quantitative estimate of drug-likeness (QED) is 0.770. The van der Waals surface area contributed by atoms with Crippen LogP contribution < -0.4 is 10.1 Å². The number of aryl methyl sites for hydroxylation is 1. The molecule has 24 heavy (non-hydrogen) atoms. The lowest BCUT2D eigenvalue weighted by atomic mass is 10.1. The molecule has 3 aromatic rings. The molecule has 122 valence electrons. The Labute approximate surface area is 144 Å². The zero-order chi connectivity index (χ0) is 16.9. The molecule has 0 saturated heterocycles. The second kappa shape index (κ2) is 7.23. The van der Waals surface area contributed by atoms with Crippen LogP contribution in [0.1, 0.15) is 26.6 Å². The molecule has 0 radical (unpaired) electrons. The molecular weight excluding hydrogens is 322 g/mol. The number of hydrogen-bond acceptors (Lipinski definition) is 5. The monoisotopic (exact) mass is 339 g/mol. The van der Waals surface area contributed by atoms with Crippen molar-refractivity contribution in [1.82, 2.24) is 9.97 Å². The largest absolute Gasteiger partial charge is 0.497 e. The van der Waals surface area contributed by atoms with Crippen molar-refractivity contribution in [3.8, 4) is 5.75 Å². The van der Waals surface area contributed by atoms with Crippen molar-refractivity contribution in [2.45, 2.75) is 13.3 Å². The Hall–Kier alpha value is -2.73. The number of amides is 1. The fourth-order valence-corrected chi connectivity index (χ4v) is 3.01. The maximum atomic E-state index is 12.3. The number of anilines is 1. The number of nitrogens with one attached hydrogen (secondary N) is 1. The molecule has 0 bridgehead atoms. The van der Waals surface area contributed by atoms with Crippen LogP contribution in [0, 0.1) is 6.92 Å². The molecule has 0 aliphatic carbocycles. The number of nitrogens with zero attached hydrogens (tertiary/aromatic N) is 2. The number of thiazole rings is 1. The Morgan fingerprint density at radius 3 is 2.75 bits per heavy atom. The average molecular weight is 339 g/mol. The van der Waals surface area contributed by atoms with Gasteiger partial charge < -0.3 is 10.1 Å². The molecule has 0 aliphatic rings. The fourth-order valence-electron chi connectivity index (χ4n) is 2.20. The van der Waals surface area contributed by atoms with Crippen LogP contribution in [0.2, 0.25) is 0 Å². The fraction of sp³-hybridized carbons (Fsp3) is 0.167. The molecule has 3 rings (SSSR count). The van der Waals surface area contributed by atoms with Crippen LogP contribution in [0.3, 0.4) is 0 Å². The molecule has 0 spiro atoms. The van der Waals surface area contributed by atoms with E-state index in [-0.39, 0.29) is 5.91 Å². The van der Waals surface area contributed by atoms with E-state index in [1.165, 1.54) is 11.3 Å². The van der Waals surface area contributed by atoms with Gasteiger partial charge in [0, 0.05) is 18.0 Å². The molecule has 0 saturated carbocycles. The number of methoxy groups -OCH3 is 1. The number of rotatable bonds is 5. The highest BCUT2D eigenvalue weighted by molar-refractivity contribution is 7.09. The molecule has 0 atom stereocenters. The third kappa shape index (κ3) is 3.97. The number of carbonyl (C=O) groups is 1. The highest BCUT2D eigenvalue weighted by Crippen LogP contribution is 2.18. The van der Waals surface area contributed by atoms with Gasteiger partial charge in [0.15, 0.2) is 0 Å². The van der Waals surface area contributed by atoms with E-state index >= 15 is 0 Å². The van der Waals surface area contributed by atoms with Crippen molar-refractivity contribution in [2.24, 2.45) is 0 Å². The Morgan fingerprint density at radius 2 is 2.04 bits per heavy atom. The van der Waals surface area contributed by atoms with Crippen LogP contribution in [-0.4, -0.2) is 23.0 Å². The van der Waals surface area contributed by atoms with Gasteiger partial charge in [-0.05, 0) is 42.3 Å². The first-order chi connectivity index (χ1) is 11.6. The first-order valence-corrected chi connectivity index (χ1v) is 8.33. The van der Waals surface area contributed by atoms with Crippen molar-refractivity contribution in [2.75, 3.05) is 12.4 Å². The summed E-state index contributed by atoms with van der Waals surface area (Å²) >= 11 is 1.47. The number of hydrogen-bond donors (Lipinski definition) is 1. The van der Waals surface area contributed by atoms with Crippen LogP contribution in [0.15, 0.2) is 48.0 Å². The lowest BCUT2D eigenvalue weighted by molar-refractivity contribution is 0.102. The summed E-state index contributed by atoms with van der Waals surface area (Å²) < 4.78 is 5.15. The standard InChI is InChI=1S/C18H17N3O2S/c1-12-7-8-19-16(9-12)21-18(22)15-11-24-17(20-15)10-13-3-5-14(23-2)6-4-13/h3-9,11H,10H2,1-2H3,(H,19,21,22). The van der Waals surface area contributed by atoms with Gasteiger partial charge in [-0.2, -0.15) is 0 Å². The normalized spacial score (nSPS) is 10.4. The number of pyridine rings is 1. The van der Waals surface area contributed by atoms with E-state index in [2.05, 4.69) is 15.3 Å². The second-order valence-electron chi connectivity index (χ2n) is 5.32. The highest BCUT2D eigenvalue weighted by atomic mass is 32.1. The third-order valence-corrected chi connectivity index (χ3v) is 4.30. The van der Waals surface area contributed by atoms with Crippen LogP contribution >= 0.6 is 11.3 Å². The summed E-state index contributed by atoms with van der Waals surface area (Å²) in [4.78, 5) is 20.8. The summed E-state index contributed by atoms with van der Waals surface area (Å²) in [5.74, 6) is 1.11. The van der Waals surface area contributed by atoms with E-state index in [9.17, 15) is 4.79 Å². The lowest BCUT2D eigenvalue weighted by Crippen LogP contribution is -2.13. The minimum Gasteiger partial charge on any atom is -0.497 e. The molecule has 6 heteroatoms. The molecule has 1 N–H and O–H groups in total. The predicted octanol–water partition coefficient (Wildman–Crippen LogP) is 3.70. The molecule has 2 heterocycles.